The zero-order chi connectivity index (χ0) is 21.8. The quantitative estimate of drug-likeness (QED) is 0.577. The van der Waals surface area contributed by atoms with Crippen molar-refractivity contribution in [3.8, 4) is 5.75 Å². The molecule has 3 aromatic rings. The van der Waals surface area contributed by atoms with Crippen molar-refractivity contribution in [3.63, 3.8) is 0 Å². The van der Waals surface area contributed by atoms with Crippen molar-refractivity contribution in [2.75, 3.05) is 19.7 Å². The van der Waals surface area contributed by atoms with E-state index in [-0.39, 0.29) is 12.4 Å². The Morgan fingerprint density at radius 2 is 2.13 bits per heavy atom. The summed E-state index contributed by atoms with van der Waals surface area (Å²) >= 11 is 0. The molecule has 4 rings (SSSR count). The van der Waals surface area contributed by atoms with E-state index in [1.54, 1.807) is 0 Å². The number of halogens is 3. The van der Waals surface area contributed by atoms with E-state index < -0.39 is 11.7 Å². The summed E-state index contributed by atoms with van der Waals surface area (Å²) in [5.74, 6) is 1.66. The molecule has 31 heavy (non-hydrogen) atoms. The minimum absolute atomic E-state index is 0.214. The third-order valence-corrected chi connectivity index (χ3v) is 5.65. The molecular weight excluding hydrogens is 407 g/mol. The highest BCUT2D eigenvalue weighted by Gasteiger charge is 2.30. The Morgan fingerprint density at radius 1 is 1.26 bits per heavy atom. The molecule has 1 aromatic carbocycles. The van der Waals surface area contributed by atoms with E-state index in [9.17, 15) is 13.2 Å². The van der Waals surface area contributed by atoms with Crippen LogP contribution in [0.1, 0.15) is 42.0 Å². The van der Waals surface area contributed by atoms with Crippen LogP contribution in [-0.2, 0) is 25.7 Å². The van der Waals surface area contributed by atoms with Gasteiger partial charge in [0.05, 0.1) is 24.4 Å². The first-order valence-electron chi connectivity index (χ1n) is 10.5. The molecule has 9 heteroatoms. The number of hydrogen-bond acceptors (Lipinski definition) is 4. The van der Waals surface area contributed by atoms with E-state index in [0.29, 0.717) is 12.3 Å². The molecule has 0 aliphatic carbocycles. The fourth-order valence-electron chi connectivity index (χ4n) is 3.95. The highest BCUT2D eigenvalue weighted by atomic mass is 19.4. The molecule has 1 N–H and O–H groups in total. The third-order valence-electron chi connectivity index (χ3n) is 5.65. The lowest BCUT2D eigenvalue weighted by atomic mass is 10.0. The van der Waals surface area contributed by atoms with E-state index in [1.165, 1.54) is 12.1 Å². The van der Waals surface area contributed by atoms with Crippen LogP contribution in [0.25, 0.3) is 0 Å². The molecule has 0 bridgehead atoms. The van der Waals surface area contributed by atoms with Crippen LogP contribution in [0.2, 0.25) is 0 Å². The number of imidazole rings is 1. The molecule has 0 amide bonds. The molecule has 1 aliphatic heterocycles. The molecule has 0 spiro atoms. The van der Waals surface area contributed by atoms with Crippen LogP contribution in [0.5, 0.6) is 5.75 Å². The minimum atomic E-state index is -4.37. The van der Waals surface area contributed by atoms with Gasteiger partial charge in [0.1, 0.15) is 11.6 Å². The van der Waals surface area contributed by atoms with Crippen LogP contribution in [0.4, 0.5) is 13.2 Å². The van der Waals surface area contributed by atoms with Crippen LogP contribution in [0.3, 0.4) is 0 Å². The van der Waals surface area contributed by atoms with Gasteiger partial charge in [-0.15, -0.1) is 0 Å². The predicted octanol–water partition coefficient (Wildman–Crippen LogP) is 4.26. The van der Waals surface area contributed by atoms with E-state index in [0.717, 1.165) is 61.9 Å². The molecule has 1 atom stereocenters. The maximum absolute atomic E-state index is 12.8. The Bertz CT molecular complexity index is 997. The van der Waals surface area contributed by atoms with Crippen molar-refractivity contribution < 1.29 is 17.9 Å². The second-order valence-corrected chi connectivity index (χ2v) is 7.79. The lowest BCUT2D eigenvalue weighted by Gasteiger charge is -2.15. The standard InChI is InChI=1S/C22H26F3N5O/c1-2-30-10-8-26-21(30)15-29-9-6-16(14-29)20-13-18(27-28-20)7-11-31-19-5-3-4-17(12-19)22(23,24)25/h3-5,8,10,12-13,16H,2,6-7,9,11,14-15H2,1H3,(H,27,28)/t16-/m0/s1. The van der Waals surface area contributed by atoms with E-state index >= 15 is 0 Å². The number of likely N-dealkylation sites (tertiary alicyclic amines) is 1. The van der Waals surface area contributed by atoms with Crippen molar-refractivity contribution in [2.45, 2.75) is 44.9 Å². The second-order valence-electron chi connectivity index (χ2n) is 7.79. The van der Waals surface area contributed by atoms with Gasteiger partial charge in [0.25, 0.3) is 0 Å². The van der Waals surface area contributed by atoms with Gasteiger partial charge in [0.2, 0.25) is 0 Å². The summed E-state index contributed by atoms with van der Waals surface area (Å²) in [5, 5.41) is 7.50. The van der Waals surface area contributed by atoms with Crippen molar-refractivity contribution in [1.29, 1.82) is 0 Å². The lowest BCUT2D eigenvalue weighted by Crippen LogP contribution is -2.22. The first-order valence-corrected chi connectivity index (χ1v) is 10.5. The van der Waals surface area contributed by atoms with E-state index in [1.807, 2.05) is 18.5 Å². The van der Waals surface area contributed by atoms with Crippen molar-refractivity contribution in [2.24, 2.45) is 0 Å². The highest BCUT2D eigenvalue weighted by molar-refractivity contribution is 5.30. The van der Waals surface area contributed by atoms with E-state index in [2.05, 4.69) is 31.6 Å². The summed E-state index contributed by atoms with van der Waals surface area (Å²) in [6.07, 6.45) is 1.06. The smallest absolute Gasteiger partial charge is 0.416 e. The van der Waals surface area contributed by atoms with Gasteiger partial charge in [-0.2, -0.15) is 18.3 Å². The lowest BCUT2D eigenvalue weighted by molar-refractivity contribution is -0.137. The number of nitrogens with zero attached hydrogens (tertiary/aromatic N) is 4. The number of ether oxygens (including phenoxy) is 1. The zero-order valence-electron chi connectivity index (χ0n) is 17.4. The SMILES string of the molecule is CCn1ccnc1CN1CC[C@H](c2cc(CCOc3cccc(C(F)(F)F)c3)[nH]n2)C1. The van der Waals surface area contributed by atoms with Crippen LogP contribution in [0.15, 0.2) is 42.7 Å². The number of aromatic amines is 1. The highest BCUT2D eigenvalue weighted by Crippen LogP contribution is 2.31. The molecule has 6 nitrogen and oxygen atoms in total. The summed E-state index contributed by atoms with van der Waals surface area (Å²) in [7, 11) is 0. The van der Waals surface area contributed by atoms with Gasteiger partial charge in [-0.25, -0.2) is 4.98 Å². The first-order chi connectivity index (χ1) is 14.9. The largest absolute Gasteiger partial charge is 0.493 e. The van der Waals surface area contributed by atoms with Gasteiger partial charge in [0, 0.05) is 43.5 Å². The molecule has 166 valence electrons. The molecule has 1 fully saturated rings. The Hall–Kier alpha value is -2.81. The van der Waals surface area contributed by atoms with Crippen molar-refractivity contribution in [1.82, 2.24) is 24.6 Å². The molecule has 2 aromatic heterocycles. The van der Waals surface area contributed by atoms with Gasteiger partial charge >= 0.3 is 6.18 Å². The number of rotatable bonds is 8. The normalized spacial score (nSPS) is 17.4. The summed E-state index contributed by atoms with van der Waals surface area (Å²) in [4.78, 5) is 6.85. The van der Waals surface area contributed by atoms with Gasteiger partial charge in [-0.05, 0) is 44.2 Å². The molecule has 0 saturated carbocycles. The van der Waals surface area contributed by atoms with Gasteiger partial charge in [0.15, 0.2) is 0 Å². The zero-order valence-corrected chi connectivity index (χ0v) is 17.4. The fraction of sp³-hybridized carbons (Fsp3) is 0.455. The second kappa shape index (κ2) is 9.13. The Balaban J connectivity index is 1.27. The van der Waals surface area contributed by atoms with Gasteiger partial charge < -0.3 is 9.30 Å². The summed E-state index contributed by atoms with van der Waals surface area (Å²) in [6.45, 7) is 6.07. The summed E-state index contributed by atoms with van der Waals surface area (Å²) in [6, 6.07) is 6.98. The Labute approximate surface area is 179 Å². The number of benzene rings is 1. The Morgan fingerprint density at radius 3 is 2.94 bits per heavy atom. The number of hydrogen-bond donors (Lipinski definition) is 1. The van der Waals surface area contributed by atoms with Crippen LogP contribution < -0.4 is 4.74 Å². The van der Waals surface area contributed by atoms with Gasteiger partial charge in [-0.3, -0.25) is 10.00 Å². The average molecular weight is 433 g/mol. The number of H-pyrrole nitrogens is 1. The fourth-order valence-corrected chi connectivity index (χ4v) is 3.95. The topological polar surface area (TPSA) is 59.0 Å². The molecular formula is C22H26F3N5O. The minimum Gasteiger partial charge on any atom is -0.493 e. The van der Waals surface area contributed by atoms with Crippen LogP contribution in [-0.4, -0.2) is 44.3 Å². The molecule has 1 aliphatic rings. The number of alkyl halides is 3. The number of nitrogens with one attached hydrogen (secondary N) is 1. The van der Waals surface area contributed by atoms with Crippen LogP contribution >= 0.6 is 0 Å². The Kier molecular flexibility index (Phi) is 6.31. The maximum Gasteiger partial charge on any atom is 0.416 e. The van der Waals surface area contributed by atoms with E-state index in [4.69, 9.17) is 4.74 Å². The molecule has 0 unspecified atom stereocenters. The molecule has 1 saturated heterocycles. The first kappa shape index (κ1) is 21.4. The predicted molar refractivity (Wildman–Crippen MR) is 110 cm³/mol. The average Bonchev–Trinajstić information content (AvgIpc) is 3.49. The number of aromatic nitrogens is 4. The number of aryl methyl sites for hydroxylation is 1. The third kappa shape index (κ3) is 5.28. The summed E-state index contributed by atoms with van der Waals surface area (Å²) in [5.41, 5.74) is 1.23. The van der Waals surface area contributed by atoms with Crippen molar-refractivity contribution in [3.05, 3.63) is 65.5 Å². The van der Waals surface area contributed by atoms with Crippen LogP contribution in [0, 0.1) is 0 Å². The molecule has 0 radical (unpaired) electrons. The van der Waals surface area contributed by atoms with Gasteiger partial charge in [-0.1, -0.05) is 6.07 Å². The summed E-state index contributed by atoms with van der Waals surface area (Å²) < 4.78 is 46.1. The monoisotopic (exact) mass is 433 g/mol. The molecule has 3 heterocycles. The maximum atomic E-state index is 12.8. The van der Waals surface area contributed by atoms with Crippen molar-refractivity contribution >= 4 is 0 Å².